The third kappa shape index (κ3) is 4.66. The maximum atomic E-state index is 13.9. The third-order valence-corrected chi connectivity index (χ3v) is 5.47. The zero-order valence-corrected chi connectivity index (χ0v) is 15.4. The van der Waals surface area contributed by atoms with E-state index in [1.54, 1.807) is 0 Å². The molecule has 0 aromatic heterocycles. The lowest BCUT2D eigenvalue weighted by molar-refractivity contribution is 0.1000. The van der Waals surface area contributed by atoms with Crippen molar-refractivity contribution in [3.63, 3.8) is 0 Å². The maximum Gasteiger partial charge on any atom is 0.248 e. The molecule has 0 saturated carbocycles. The van der Waals surface area contributed by atoms with Gasteiger partial charge in [-0.2, -0.15) is 0 Å². The molecule has 1 atom stereocenters. The van der Waals surface area contributed by atoms with Crippen LogP contribution >= 0.6 is 0 Å². The Kier molecular flexibility index (Phi) is 6.12. The van der Waals surface area contributed by atoms with Crippen LogP contribution in [-0.2, 0) is 10.0 Å². The van der Waals surface area contributed by atoms with Crippen molar-refractivity contribution in [2.45, 2.75) is 30.7 Å². The van der Waals surface area contributed by atoms with Crippen molar-refractivity contribution in [2.24, 2.45) is 11.5 Å². The standard InChI is InChI=1S/C18H22FN3O3S/c1-11(2)12-3-5-13(6-4-12)16(20)10-22-26(24,25)17-9-14(18(21)23)7-8-15(17)19/h3-9,11,16,22H,10,20H2,1-2H3,(H2,21,23). The van der Waals surface area contributed by atoms with Gasteiger partial charge in [-0.25, -0.2) is 17.5 Å². The van der Waals surface area contributed by atoms with E-state index >= 15 is 0 Å². The van der Waals surface area contributed by atoms with Gasteiger partial charge in [0.2, 0.25) is 15.9 Å². The van der Waals surface area contributed by atoms with E-state index in [9.17, 15) is 17.6 Å². The summed E-state index contributed by atoms with van der Waals surface area (Å²) in [6, 6.07) is 9.86. The van der Waals surface area contributed by atoms with Crippen molar-refractivity contribution < 1.29 is 17.6 Å². The minimum atomic E-state index is -4.18. The van der Waals surface area contributed by atoms with Crippen molar-refractivity contribution in [1.82, 2.24) is 4.72 Å². The fraction of sp³-hybridized carbons (Fsp3) is 0.278. The number of carbonyl (C=O) groups excluding carboxylic acids is 1. The molecule has 26 heavy (non-hydrogen) atoms. The number of hydrogen-bond acceptors (Lipinski definition) is 4. The Balaban J connectivity index is 2.15. The van der Waals surface area contributed by atoms with Gasteiger partial charge in [-0.15, -0.1) is 0 Å². The van der Waals surface area contributed by atoms with Gasteiger partial charge in [0.25, 0.3) is 0 Å². The van der Waals surface area contributed by atoms with Gasteiger partial charge in [-0.1, -0.05) is 38.1 Å². The molecule has 0 radical (unpaired) electrons. The van der Waals surface area contributed by atoms with Crippen molar-refractivity contribution in [3.8, 4) is 0 Å². The summed E-state index contributed by atoms with van der Waals surface area (Å²) in [4.78, 5) is 10.5. The van der Waals surface area contributed by atoms with Crippen molar-refractivity contribution in [3.05, 3.63) is 65.0 Å². The molecule has 0 aliphatic heterocycles. The lowest BCUT2D eigenvalue weighted by Gasteiger charge is -2.15. The second kappa shape index (κ2) is 7.94. The second-order valence-electron chi connectivity index (χ2n) is 6.29. The number of carbonyl (C=O) groups is 1. The van der Waals surface area contributed by atoms with Crippen LogP contribution in [0.3, 0.4) is 0 Å². The van der Waals surface area contributed by atoms with Crippen LogP contribution in [-0.4, -0.2) is 20.9 Å². The molecule has 1 amide bonds. The predicted octanol–water partition coefficient (Wildman–Crippen LogP) is 2.03. The molecule has 6 nitrogen and oxygen atoms in total. The molecule has 2 aromatic carbocycles. The van der Waals surface area contributed by atoms with Crippen molar-refractivity contribution in [1.29, 1.82) is 0 Å². The van der Waals surface area contributed by atoms with Gasteiger partial charge in [-0.3, -0.25) is 4.79 Å². The number of hydrogen-bond donors (Lipinski definition) is 3. The zero-order chi connectivity index (χ0) is 19.5. The minimum Gasteiger partial charge on any atom is -0.366 e. The van der Waals surface area contributed by atoms with Crippen LogP contribution in [0.4, 0.5) is 4.39 Å². The average molecular weight is 379 g/mol. The van der Waals surface area contributed by atoms with E-state index in [1.807, 2.05) is 24.3 Å². The summed E-state index contributed by atoms with van der Waals surface area (Å²) in [6.07, 6.45) is 0. The third-order valence-electron chi connectivity index (χ3n) is 4.03. The van der Waals surface area contributed by atoms with Crippen LogP contribution < -0.4 is 16.2 Å². The Morgan fingerprint density at radius 3 is 2.23 bits per heavy atom. The topological polar surface area (TPSA) is 115 Å². The largest absolute Gasteiger partial charge is 0.366 e. The summed E-state index contributed by atoms with van der Waals surface area (Å²) in [7, 11) is -4.18. The van der Waals surface area contributed by atoms with Gasteiger partial charge >= 0.3 is 0 Å². The fourth-order valence-corrected chi connectivity index (χ4v) is 3.55. The Hall–Kier alpha value is -2.29. The van der Waals surface area contributed by atoms with E-state index in [0.29, 0.717) is 5.92 Å². The van der Waals surface area contributed by atoms with E-state index in [1.165, 1.54) is 0 Å². The molecule has 0 aliphatic rings. The SMILES string of the molecule is CC(C)c1ccc(C(N)CNS(=O)(=O)c2cc(C(N)=O)ccc2F)cc1. The number of rotatable bonds is 7. The first-order valence-electron chi connectivity index (χ1n) is 8.06. The van der Waals surface area contributed by atoms with Crippen LogP contribution in [0.15, 0.2) is 47.4 Å². The maximum absolute atomic E-state index is 13.9. The molecule has 0 spiro atoms. The monoisotopic (exact) mass is 379 g/mol. The first-order valence-corrected chi connectivity index (χ1v) is 9.54. The molecule has 140 valence electrons. The van der Waals surface area contributed by atoms with E-state index in [2.05, 4.69) is 18.6 Å². The minimum absolute atomic E-state index is 0.0969. The summed E-state index contributed by atoms with van der Waals surface area (Å²) < 4.78 is 40.9. The van der Waals surface area contributed by atoms with Gasteiger partial charge in [-0.05, 0) is 35.2 Å². The summed E-state index contributed by atoms with van der Waals surface area (Å²) in [5.41, 5.74) is 12.9. The molecule has 0 saturated heterocycles. The number of primary amides is 1. The Bertz CT molecular complexity index is 896. The van der Waals surface area contributed by atoms with Crippen LogP contribution in [0, 0.1) is 5.82 Å². The van der Waals surface area contributed by atoms with Crippen LogP contribution in [0.1, 0.15) is 47.3 Å². The molecular weight excluding hydrogens is 357 g/mol. The van der Waals surface area contributed by atoms with Crippen LogP contribution in [0.2, 0.25) is 0 Å². The molecule has 2 aromatic rings. The molecule has 2 rings (SSSR count). The molecule has 0 fully saturated rings. The summed E-state index contributed by atoms with van der Waals surface area (Å²) in [5, 5.41) is 0. The highest BCUT2D eigenvalue weighted by Gasteiger charge is 2.21. The molecule has 8 heteroatoms. The Labute approximate surface area is 152 Å². The van der Waals surface area contributed by atoms with Gasteiger partial charge in [0, 0.05) is 18.2 Å². The second-order valence-corrected chi connectivity index (χ2v) is 8.02. The van der Waals surface area contributed by atoms with Gasteiger partial charge in [0.05, 0.1) is 0 Å². The Morgan fingerprint density at radius 2 is 1.69 bits per heavy atom. The molecular formula is C18H22FN3O3S. The Morgan fingerprint density at radius 1 is 1.12 bits per heavy atom. The number of benzene rings is 2. The van der Waals surface area contributed by atoms with E-state index in [0.717, 1.165) is 29.3 Å². The quantitative estimate of drug-likeness (QED) is 0.682. The number of nitrogens with one attached hydrogen (secondary N) is 1. The van der Waals surface area contributed by atoms with E-state index < -0.39 is 32.7 Å². The highest BCUT2D eigenvalue weighted by Crippen LogP contribution is 2.19. The molecule has 0 heterocycles. The smallest absolute Gasteiger partial charge is 0.248 e. The summed E-state index contributed by atoms with van der Waals surface area (Å²) >= 11 is 0. The van der Waals surface area contributed by atoms with Crippen molar-refractivity contribution >= 4 is 15.9 Å². The molecule has 0 aliphatic carbocycles. The molecule has 1 unspecified atom stereocenters. The number of sulfonamides is 1. The van der Waals surface area contributed by atoms with Crippen LogP contribution in [0.5, 0.6) is 0 Å². The number of nitrogens with two attached hydrogens (primary N) is 2. The van der Waals surface area contributed by atoms with E-state index in [-0.39, 0.29) is 12.1 Å². The van der Waals surface area contributed by atoms with Crippen LogP contribution in [0.25, 0.3) is 0 Å². The first kappa shape index (κ1) is 20.0. The average Bonchev–Trinajstić information content (AvgIpc) is 2.59. The fourth-order valence-electron chi connectivity index (χ4n) is 2.39. The zero-order valence-electron chi connectivity index (χ0n) is 14.6. The summed E-state index contributed by atoms with van der Waals surface area (Å²) in [5.74, 6) is -1.44. The number of halogens is 1. The number of amides is 1. The predicted molar refractivity (Wildman–Crippen MR) is 97.6 cm³/mol. The van der Waals surface area contributed by atoms with Crippen molar-refractivity contribution in [2.75, 3.05) is 6.54 Å². The molecule has 0 bridgehead atoms. The first-order chi connectivity index (χ1) is 12.1. The highest BCUT2D eigenvalue weighted by molar-refractivity contribution is 7.89. The van der Waals surface area contributed by atoms with E-state index in [4.69, 9.17) is 11.5 Å². The highest BCUT2D eigenvalue weighted by atomic mass is 32.2. The summed E-state index contributed by atoms with van der Waals surface area (Å²) in [6.45, 7) is 4.01. The lowest BCUT2D eigenvalue weighted by atomic mass is 9.99. The van der Waals surface area contributed by atoms with Gasteiger partial charge in [0.1, 0.15) is 10.7 Å². The molecule has 5 N–H and O–H groups in total. The normalized spacial score (nSPS) is 13.0. The lowest BCUT2D eigenvalue weighted by Crippen LogP contribution is -2.32. The van der Waals surface area contributed by atoms with Gasteiger partial charge < -0.3 is 11.5 Å². The van der Waals surface area contributed by atoms with Gasteiger partial charge in [0.15, 0.2) is 0 Å².